The molecule has 1 heterocycles. The number of ether oxygens (including phenoxy) is 7. The molecular formula is C16H32N6O7. The highest BCUT2D eigenvalue weighted by atomic mass is 16.7. The van der Waals surface area contributed by atoms with Gasteiger partial charge in [0.2, 0.25) is 17.8 Å². The molecule has 0 aliphatic carbocycles. The summed E-state index contributed by atoms with van der Waals surface area (Å²) in [6.07, 6.45) is 0. The predicted molar refractivity (Wildman–Crippen MR) is 104 cm³/mol. The van der Waals surface area contributed by atoms with E-state index in [0.29, 0.717) is 17.8 Å². The molecule has 0 saturated heterocycles. The fourth-order valence-corrected chi connectivity index (χ4v) is 2.24. The van der Waals surface area contributed by atoms with Crippen LogP contribution < -0.4 is 14.7 Å². The summed E-state index contributed by atoms with van der Waals surface area (Å²) in [5.74, 6) is 1.02. The second kappa shape index (κ2) is 15.0. The Kier molecular flexibility index (Phi) is 13.0. The number of methoxy groups -OCH3 is 6. The summed E-state index contributed by atoms with van der Waals surface area (Å²) in [6, 6.07) is 0. The molecular weight excluding hydrogens is 388 g/mol. The molecule has 0 bridgehead atoms. The zero-order chi connectivity index (χ0) is 21.5. The van der Waals surface area contributed by atoms with Crippen molar-refractivity contribution >= 4 is 17.8 Å². The number of rotatable bonds is 17. The average molecular weight is 420 g/mol. The minimum absolute atomic E-state index is 0.115. The van der Waals surface area contributed by atoms with Crippen molar-refractivity contribution < 1.29 is 33.2 Å². The van der Waals surface area contributed by atoms with Crippen molar-refractivity contribution in [3.05, 3.63) is 0 Å². The van der Waals surface area contributed by atoms with Crippen LogP contribution in [-0.2, 0) is 33.2 Å². The molecule has 0 aliphatic rings. The maximum Gasteiger partial charge on any atom is 0.235 e. The molecule has 0 spiro atoms. The van der Waals surface area contributed by atoms with Crippen molar-refractivity contribution in [3.63, 3.8) is 0 Å². The molecule has 1 aromatic heterocycles. The topological polar surface area (TPSA) is 113 Å². The lowest BCUT2D eigenvalue weighted by Crippen LogP contribution is -2.36. The molecule has 1 rings (SSSR count). The summed E-state index contributed by atoms with van der Waals surface area (Å²) in [5.41, 5.74) is 0. The summed E-state index contributed by atoms with van der Waals surface area (Å²) in [6.45, 7) is 1.32. The summed E-state index contributed by atoms with van der Waals surface area (Å²) >= 11 is 0. The van der Waals surface area contributed by atoms with Gasteiger partial charge in [-0.3, -0.25) is 14.7 Å². The molecule has 13 heteroatoms. The summed E-state index contributed by atoms with van der Waals surface area (Å²) in [4.78, 5) is 18.7. The van der Waals surface area contributed by atoms with Crippen LogP contribution in [0.1, 0.15) is 0 Å². The van der Waals surface area contributed by atoms with Crippen molar-refractivity contribution in [3.8, 4) is 0 Å². The number of hydrogen-bond donors (Lipinski definition) is 0. The molecule has 168 valence electrons. The van der Waals surface area contributed by atoms with Gasteiger partial charge in [-0.25, -0.2) is 0 Å². The van der Waals surface area contributed by atoms with Gasteiger partial charge in [0, 0.05) is 42.7 Å². The van der Waals surface area contributed by atoms with Gasteiger partial charge in [-0.05, 0) is 0 Å². The van der Waals surface area contributed by atoms with Gasteiger partial charge >= 0.3 is 0 Å². The molecule has 0 radical (unpaired) electrons. The molecule has 0 unspecified atom stereocenters. The molecule has 0 aliphatic heterocycles. The molecule has 0 fully saturated rings. The zero-order valence-corrected chi connectivity index (χ0v) is 18.0. The maximum absolute atomic E-state index is 5.44. The van der Waals surface area contributed by atoms with Crippen molar-refractivity contribution in [1.82, 2.24) is 15.0 Å². The Balaban J connectivity index is 3.35. The summed E-state index contributed by atoms with van der Waals surface area (Å²) in [5, 5.41) is 0. The van der Waals surface area contributed by atoms with Crippen LogP contribution in [0.5, 0.6) is 0 Å². The molecule has 0 amide bonds. The van der Waals surface area contributed by atoms with Crippen LogP contribution in [0.15, 0.2) is 0 Å². The molecule has 1 aromatic rings. The fourth-order valence-electron chi connectivity index (χ4n) is 2.24. The van der Waals surface area contributed by atoms with E-state index in [1.54, 1.807) is 57.4 Å². The van der Waals surface area contributed by atoms with Gasteiger partial charge in [-0.15, -0.1) is 0 Å². The molecule has 0 N–H and O–H groups in total. The Labute approximate surface area is 171 Å². The monoisotopic (exact) mass is 420 g/mol. The van der Waals surface area contributed by atoms with Crippen LogP contribution in [0, 0.1) is 0 Å². The largest absolute Gasteiger partial charge is 0.364 e. The first-order valence-corrected chi connectivity index (χ1v) is 8.67. The first-order chi connectivity index (χ1) is 14.1. The third kappa shape index (κ3) is 8.57. The third-order valence-electron chi connectivity index (χ3n) is 3.32. The van der Waals surface area contributed by atoms with Crippen LogP contribution in [0.4, 0.5) is 17.8 Å². The number of nitrogens with zero attached hydrogens (tertiary/aromatic N) is 6. The Bertz CT molecular complexity index is 510. The van der Waals surface area contributed by atoms with Gasteiger partial charge in [0.15, 0.2) is 0 Å². The average Bonchev–Trinajstić information content (AvgIpc) is 2.72. The van der Waals surface area contributed by atoms with Gasteiger partial charge in [0.1, 0.15) is 47.2 Å². The standard InChI is InChI=1S/C16H32N6O7/c1-23-7-20(8-24-2)14-17-15(21(9-25-3)10-26-4)19-16(18-14)22(11-27-5)12-29-13-28-6/h7-13H2,1-6H3. The Morgan fingerprint density at radius 2 is 0.793 bits per heavy atom. The highest BCUT2D eigenvalue weighted by molar-refractivity contribution is 5.45. The van der Waals surface area contributed by atoms with Gasteiger partial charge in [-0.2, -0.15) is 15.0 Å². The van der Waals surface area contributed by atoms with Gasteiger partial charge in [0.25, 0.3) is 0 Å². The number of hydrogen-bond acceptors (Lipinski definition) is 13. The lowest BCUT2D eigenvalue weighted by atomic mass is 10.6. The van der Waals surface area contributed by atoms with Crippen LogP contribution >= 0.6 is 0 Å². The third-order valence-corrected chi connectivity index (χ3v) is 3.32. The quantitative estimate of drug-likeness (QED) is 0.247. The maximum atomic E-state index is 5.44. The van der Waals surface area contributed by atoms with E-state index in [9.17, 15) is 0 Å². The summed E-state index contributed by atoms with van der Waals surface area (Å²) < 4.78 is 36.6. The lowest BCUT2D eigenvalue weighted by Gasteiger charge is -2.27. The Hall–Kier alpha value is -1.87. The first kappa shape index (κ1) is 25.2. The smallest absolute Gasteiger partial charge is 0.235 e. The van der Waals surface area contributed by atoms with E-state index >= 15 is 0 Å². The van der Waals surface area contributed by atoms with E-state index in [2.05, 4.69) is 15.0 Å². The van der Waals surface area contributed by atoms with Gasteiger partial charge in [-0.1, -0.05) is 0 Å². The Morgan fingerprint density at radius 1 is 0.483 bits per heavy atom. The first-order valence-electron chi connectivity index (χ1n) is 8.67. The SMILES string of the molecule is COCOCN(COC)c1nc(N(COC)COC)nc(N(COC)COC)n1. The molecule has 0 aromatic carbocycles. The van der Waals surface area contributed by atoms with E-state index in [0.717, 1.165) is 0 Å². The molecule has 0 saturated carbocycles. The van der Waals surface area contributed by atoms with Gasteiger partial charge < -0.3 is 33.2 Å². The van der Waals surface area contributed by atoms with Crippen LogP contribution in [0.3, 0.4) is 0 Å². The number of anilines is 3. The minimum Gasteiger partial charge on any atom is -0.364 e. The Morgan fingerprint density at radius 3 is 1.07 bits per heavy atom. The second-order valence-corrected chi connectivity index (χ2v) is 5.68. The van der Waals surface area contributed by atoms with Crippen molar-refractivity contribution in [2.45, 2.75) is 0 Å². The van der Waals surface area contributed by atoms with Crippen molar-refractivity contribution in [1.29, 1.82) is 0 Å². The fraction of sp³-hybridized carbons (Fsp3) is 0.812. The van der Waals surface area contributed by atoms with E-state index in [4.69, 9.17) is 33.2 Å². The second-order valence-electron chi connectivity index (χ2n) is 5.68. The predicted octanol–water partition coefficient (Wildman–Crippen LogP) is -0.112. The highest BCUT2D eigenvalue weighted by Gasteiger charge is 2.20. The van der Waals surface area contributed by atoms with Gasteiger partial charge in [0.05, 0.1) is 0 Å². The zero-order valence-electron chi connectivity index (χ0n) is 18.0. The van der Waals surface area contributed by atoms with Crippen LogP contribution in [-0.4, -0.2) is 105 Å². The van der Waals surface area contributed by atoms with E-state index in [-0.39, 0.29) is 47.2 Å². The number of aromatic nitrogens is 3. The van der Waals surface area contributed by atoms with E-state index in [1.807, 2.05) is 0 Å². The lowest BCUT2D eigenvalue weighted by molar-refractivity contribution is -0.0346. The molecule has 13 nitrogen and oxygen atoms in total. The molecule has 0 atom stereocenters. The highest BCUT2D eigenvalue weighted by Crippen LogP contribution is 2.19. The van der Waals surface area contributed by atoms with Crippen LogP contribution in [0.2, 0.25) is 0 Å². The van der Waals surface area contributed by atoms with Crippen molar-refractivity contribution in [2.24, 2.45) is 0 Å². The minimum atomic E-state index is 0.115. The summed E-state index contributed by atoms with van der Waals surface area (Å²) in [7, 11) is 9.40. The van der Waals surface area contributed by atoms with E-state index in [1.165, 1.54) is 0 Å². The van der Waals surface area contributed by atoms with E-state index < -0.39 is 0 Å². The molecule has 29 heavy (non-hydrogen) atoms. The van der Waals surface area contributed by atoms with Crippen LogP contribution in [0.25, 0.3) is 0 Å². The van der Waals surface area contributed by atoms with Crippen molar-refractivity contribution in [2.75, 3.05) is 105 Å². The normalized spacial score (nSPS) is 11.0.